The molecule has 1 saturated heterocycles. The number of nitrogens with zero attached hydrogens (tertiary/aromatic N) is 1. The van der Waals surface area contributed by atoms with Crippen molar-refractivity contribution in [1.82, 2.24) is 10.2 Å². The van der Waals surface area contributed by atoms with Gasteiger partial charge in [0.25, 0.3) is 5.91 Å². The van der Waals surface area contributed by atoms with Crippen molar-refractivity contribution in [2.24, 2.45) is 11.8 Å². The summed E-state index contributed by atoms with van der Waals surface area (Å²) in [5.41, 5.74) is 0.614. The lowest BCUT2D eigenvalue weighted by Crippen LogP contribution is -2.45. The molecular weight excluding hydrogens is 352 g/mol. The molecule has 1 aromatic rings. The van der Waals surface area contributed by atoms with E-state index in [9.17, 15) is 9.59 Å². The number of carbonyl (C=O) groups excluding carboxylic acids is 2. The fourth-order valence-corrected chi connectivity index (χ4v) is 3.34. The molecule has 6 heteroatoms. The van der Waals surface area contributed by atoms with Crippen LogP contribution < -0.4 is 5.32 Å². The van der Waals surface area contributed by atoms with Crippen molar-refractivity contribution in [1.29, 1.82) is 0 Å². The number of piperidine rings is 1. The van der Waals surface area contributed by atoms with Crippen LogP contribution in [0.2, 0.25) is 5.02 Å². The molecule has 142 valence electrons. The summed E-state index contributed by atoms with van der Waals surface area (Å²) in [6.07, 6.45) is 5.10. The summed E-state index contributed by atoms with van der Waals surface area (Å²) in [5.74, 6) is 0.650. The van der Waals surface area contributed by atoms with Gasteiger partial charge in [-0.3, -0.25) is 9.59 Å². The zero-order valence-corrected chi connectivity index (χ0v) is 15.8. The second-order valence-corrected chi connectivity index (χ2v) is 7.70. The van der Waals surface area contributed by atoms with Gasteiger partial charge in [0.2, 0.25) is 5.91 Å². The Balaban J connectivity index is 1.39. The largest absolute Gasteiger partial charge is 0.381 e. The quantitative estimate of drug-likeness (QED) is 0.707. The third kappa shape index (κ3) is 5.71. The van der Waals surface area contributed by atoms with Crippen molar-refractivity contribution < 1.29 is 14.3 Å². The summed E-state index contributed by atoms with van der Waals surface area (Å²) in [6.45, 7) is 3.36. The van der Waals surface area contributed by atoms with Gasteiger partial charge < -0.3 is 15.0 Å². The van der Waals surface area contributed by atoms with E-state index in [0.29, 0.717) is 36.8 Å². The van der Waals surface area contributed by atoms with E-state index in [1.807, 2.05) is 0 Å². The lowest BCUT2D eigenvalue weighted by molar-refractivity contribution is -0.126. The maximum Gasteiger partial charge on any atom is 0.253 e. The zero-order chi connectivity index (χ0) is 18.4. The Bertz CT molecular complexity index is 616. The Morgan fingerprint density at radius 2 is 1.96 bits per heavy atom. The Morgan fingerprint density at radius 1 is 1.19 bits per heavy atom. The molecule has 0 aromatic heterocycles. The number of benzene rings is 1. The van der Waals surface area contributed by atoms with Gasteiger partial charge in [0.05, 0.1) is 5.92 Å². The molecule has 1 aliphatic heterocycles. The van der Waals surface area contributed by atoms with E-state index >= 15 is 0 Å². The first-order valence-corrected chi connectivity index (χ1v) is 9.91. The second kappa shape index (κ2) is 9.38. The normalized spacial score (nSPS) is 20.0. The van der Waals surface area contributed by atoms with Gasteiger partial charge in [-0.05, 0) is 62.3 Å². The van der Waals surface area contributed by atoms with E-state index in [2.05, 4.69) is 5.32 Å². The van der Waals surface area contributed by atoms with Crippen LogP contribution >= 0.6 is 11.6 Å². The number of amides is 2. The molecule has 1 aliphatic carbocycles. The lowest BCUT2D eigenvalue weighted by Gasteiger charge is -2.32. The number of hydrogen-bond donors (Lipinski definition) is 1. The molecule has 1 aromatic carbocycles. The summed E-state index contributed by atoms with van der Waals surface area (Å²) in [4.78, 5) is 26.8. The molecule has 2 aliphatic rings. The topological polar surface area (TPSA) is 58.6 Å². The van der Waals surface area contributed by atoms with E-state index < -0.39 is 0 Å². The summed E-state index contributed by atoms with van der Waals surface area (Å²) >= 11 is 5.88. The van der Waals surface area contributed by atoms with Crippen LogP contribution in [0.25, 0.3) is 0 Å². The Kier molecular flexibility index (Phi) is 6.92. The lowest BCUT2D eigenvalue weighted by atomic mass is 9.96. The minimum absolute atomic E-state index is 0.0346. The number of hydrogen-bond acceptors (Lipinski definition) is 3. The van der Waals surface area contributed by atoms with E-state index in [1.54, 1.807) is 29.2 Å². The van der Waals surface area contributed by atoms with Gasteiger partial charge in [0.1, 0.15) is 0 Å². The van der Waals surface area contributed by atoms with Crippen molar-refractivity contribution in [3.05, 3.63) is 34.9 Å². The van der Waals surface area contributed by atoms with E-state index in [1.165, 1.54) is 12.8 Å². The molecule has 1 unspecified atom stereocenters. The standard InChI is InChI=1S/C20H27ClN2O3/c21-18-8-6-16(7-9-18)20(25)23-11-1-3-17(13-23)19(24)22-10-2-12-26-14-15-4-5-15/h6-9,15,17H,1-5,10-14H2,(H,22,24). The van der Waals surface area contributed by atoms with Crippen LogP contribution in [0.3, 0.4) is 0 Å². The van der Waals surface area contributed by atoms with Crippen molar-refractivity contribution >= 4 is 23.4 Å². The van der Waals surface area contributed by atoms with E-state index in [4.69, 9.17) is 16.3 Å². The molecule has 1 N–H and O–H groups in total. The van der Waals surface area contributed by atoms with Crippen LogP contribution in [0.15, 0.2) is 24.3 Å². The SMILES string of the molecule is O=C(NCCCOCC1CC1)C1CCCN(C(=O)c2ccc(Cl)cc2)C1. The highest BCUT2D eigenvalue weighted by molar-refractivity contribution is 6.30. The number of carbonyl (C=O) groups is 2. The van der Waals surface area contributed by atoms with Gasteiger partial charge in [-0.1, -0.05) is 11.6 Å². The zero-order valence-electron chi connectivity index (χ0n) is 15.1. The van der Waals surface area contributed by atoms with Gasteiger partial charge in [0, 0.05) is 43.4 Å². The van der Waals surface area contributed by atoms with Crippen LogP contribution in [-0.2, 0) is 9.53 Å². The summed E-state index contributed by atoms with van der Waals surface area (Å²) in [6, 6.07) is 6.90. The van der Waals surface area contributed by atoms with Gasteiger partial charge in [-0.25, -0.2) is 0 Å². The second-order valence-electron chi connectivity index (χ2n) is 7.26. The Morgan fingerprint density at radius 3 is 2.69 bits per heavy atom. The molecule has 26 heavy (non-hydrogen) atoms. The smallest absolute Gasteiger partial charge is 0.253 e. The van der Waals surface area contributed by atoms with Crippen LogP contribution in [0, 0.1) is 11.8 Å². The summed E-state index contributed by atoms with van der Waals surface area (Å²) < 4.78 is 5.58. The van der Waals surface area contributed by atoms with E-state index in [0.717, 1.165) is 31.8 Å². The van der Waals surface area contributed by atoms with Crippen molar-refractivity contribution in [2.75, 3.05) is 32.8 Å². The van der Waals surface area contributed by atoms with Crippen LogP contribution in [0.4, 0.5) is 0 Å². The highest BCUT2D eigenvalue weighted by atomic mass is 35.5. The molecule has 2 amide bonds. The van der Waals surface area contributed by atoms with Crippen LogP contribution in [0.1, 0.15) is 42.5 Å². The molecule has 0 spiro atoms. The molecule has 0 bridgehead atoms. The fraction of sp³-hybridized carbons (Fsp3) is 0.600. The van der Waals surface area contributed by atoms with Crippen LogP contribution in [0.5, 0.6) is 0 Å². The number of halogens is 1. The minimum Gasteiger partial charge on any atom is -0.381 e. The van der Waals surface area contributed by atoms with Gasteiger partial charge in [-0.2, -0.15) is 0 Å². The monoisotopic (exact) mass is 378 g/mol. The first kappa shape index (κ1) is 19.2. The number of ether oxygens (including phenoxy) is 1. The highest BCUT2D eigenvalue weighted by Crippen LogP contribution is 2.28. The first-order valence-electron chi connectivity index (χ1n) is 9.54. The Labute approximate surface area is 160 Å². The minimum atomic E-state index is -0.132. The third-order valence-electron chi connectivity index (χ3n) is 4.99. The molecular formula is C20H27ClN2O3. The molecule has 1 saturated carbocycles. The average molecular weight is 379 g/mol. The maximum atomic E-state index is 12.6. The summed E-state index contributed by atoms with van der Waals surface area (Å²) in [5, 5.41) is 3.60. The number of likely N-dealkylation sites (tertiary alicyclic amines) is 1. The highest BCUT2D eigenvalue weighted by Gasteiger charge is 2.28. The van der Waals surface area contributed by atoms with Gasteiger partial charge in [0.15, 0.2) is 0 Å². The summed E-state index contributed by atoms with van der Waals surface area (Å²) in [7, 11) is 0. The fourth-order valence-electron chi connectivity index (χ4n) is 3.22. The predicted molar refractivity (Wildman–Crippen MR) is 101 cm³/mol. The molecule has 5 nitrogen and oxygen atoms in total. The maximum absolute atomic E-state index is 12.6. The molecule has 3 rings (SSSR count). The predicted octanol–water partition coefficient (Wildman–Crippen LogP) is 3.13. The van der Waals surface area contributed by atoms with Crippen molar-refractivity contribution in [3.8, 4) is 0 Å². The molecule has 1 heterocycles. The van der Waals surface area contributed by atoms with Crippen molar-refractivity contribution in [2.45, 2.75) is 32.1 Å². The van der Waals surface area contributed by atoms with E-state index in [-0.39, 0.29) is 17.7 Å². The Hall–Kier alpha value is -1.59. The average Bonchev–Trinajstić information content (AvgIpc) is 3.49. The van der Waals surface area contributed by atoms with Gasteiger partial charge >= 0.3 is 0 Å². The van der Waals surface area contributed by atoms with Crippen LogP contribution in [-0.4, -0.2) is 49.6 Å². The van der Waals surface area contributed by atoms with Gasteiger partial charge in [-0.15, -0.1) is 0 Å². The third-order valence-corrected chi connectivity index (χ3v) is 5.24. The molecule has 1 atom stereocenters. The number of rotatable bonds is 8. The number of nitrogens with one attached hydrogen (secondary N) is 1. The van der Waals surface area contributed by atoms with Crippen molar-refractivity contribution in [3.63, 3.8) is 0 Å². The first-order chi connectivity index (χ1) is 12.6. The molecule has 0 radical (unpaired) electrons. The molecule has 2 fully saturated rings.